The van der Waals surface area contributed by atoms with Crippen molar-refractivity contribution in [3.8, 4) is 0 Å². The van der Waals surface area contributed by atoms with Crippen LogP contribution in [-0.2, 0) is 4.79 Å². The highest BCUT2D eigenvalue weighted by molar-refractivity contribution is 5.90. The molecule has 0 radical (unpaired) electrons. The first kappa shape index (κ1) is 10.5. The fraction of sp³-hybridized carbons (Fsp3) is 0.333. The zero-order valence-corrected chi connectivity index (χ0v) is 8.04. The maximum atomic E-state index is 11.2. The van der Waals surface area contributed by atoms with Crippen LogP contribution in [0.5, 0.6) is 0 Å². The fourth-order valence-corrected chi connectivity index (χ4v) is 0.863. The number of oxazole rings is 1. The highest BCUT2D eigenvalue weighted by Gasteiger charge is 2.04. The van der Waals surface area contributed by atoms with Crippen molar-refractivity contribution < 1.29 is 9.21 Å². The molecule has 0 aliphatic heterocycles. The zero-order chi connectivity index (χ0) is 10.4. The van der Waals surface area contributed by atoms with Gasteiger partial charge in [0.2, 0.25) is 5.91 Å². The summed E-state index contributed by atoms with van der Waals surface area (Å²) in [6.45, 7) is 6.12. The molecule has 0 saturated carbocycles. The van der Waals surface area contributed by atoms with Gasteiger partial charge in [0, 0.05) is 6.54 Å². The molecule has 5 nitrogen and oxygen atoms in total. The molecule has 1 aromatic heterocycles. The van der Waals surface area contributed by atoms with Gasteiger partial charge in [-0.3, -0.25) is 10.1 Å². The van der Waals surface area contributed by atoms with Crippen molar-refractivity contribution in [1.82, 2.24) is 10.3 Å². The largest absolute Gasteiger partial charge is 0.432 e. The Labute approximate surface area is 82.2 Å². The average molecular weight is 195 g/mol. The van der Waals surface area contributed by atoms with Crippen LogP contribution in [0.2, 0.25) is 0 Å². The lowest BCUT2D eigenvalue weighted by atomic mass is 10.5. The summed E-state index contributed by atoms with van der Waals surface area (Å²) in [5, 5.41) is 5.37. The predicted octanol–water partition coefficient (Wildman–Crippen LogP) is 0.697. The van der Waals surface area contributed by atoms with Gasteiger partial charge in [-0.15, -0.1) is 6.58 Å². The third-order valence-electron chi connectivity index (χ3n) is 1.44. The Balaban J connectivity index is 2.30. The van der Waals surface area contributed by atoms with Crippen molar-refractivity contribution in [2.75, 3.05) is 18.4 Å². The number of carbonyl (C=O) groups is 1. The molecule has 0 bridgehead atoms. The van der Waals surface area contributed by atoms with Crippen molar-refractivity contribution in [3.05, 3.63) is 24.6 Å². The summed E-state index contributed by atoms with van der Waals surface area (Å²) in [4.78, 5) is 15.1. The molecule has 1 aromatic rings. The van der Waals surface area contributed by atoms with Crippen LogP contribution in [0.4, 0.5) is 6.01 Å². The maximum Gasteiger partial charge on any atom is 0.301 e. The van der Waals surface area contributed by atoms with Gasteiger partial charge in [0.15, 0.2) is 0 Å². The van der Waals surface area contributed by atoms with Crippen molar-refractivity contribution in [3.63, 3.8) is 0 Å². The molecule has 0 atom stereocenters. The number of aromatic nitrogens is 1. The molecule has 76 valence electrons. The molecule has 1 rings (SSSR count). The van der Waals surface area contributed by atoms with Crippen LogP contribution in [-0.4, -0.2) is 24.0 Å². The summed E-state index contributed by atoms with van der Waals surface area (Å²) in [7, 11) is 0. The van der Waals surface area contributed by atoms with Crippen LogP contribution in [0.3, 0.4) is 0 Å². The Hall–Kier alpha value is -1.62. The number of aryl methyl sites for hydroxylation is 1. The smallest absolute Gasteiger partial charge is 0.301 e. The van der Waals surface area contributed by atoms with E-state index in [-0.39, 0.29) is 18.5 Å². The lowest BCUT2D eigenvalue weighted by Gasteiger charge is -2.00. The summed E-state index contributed by atoms with van der Waals surface area (Å²) in [6, 6.07) is 0.230. The Morgan fingerprint density at radius 2 is 2.57 bits per heavy atom. The minimum Gasteiger partial charge on any atom is -0.432 e. The Kier molecular flexibility index (Phi) is 3.87. The Bertz CT molecular complexity index is 320. The fourth-order valence-electron chi connectivity index (χ4n) is 0.863. The van der Waals surface area contributed by atoms with E-state index in [0.717, 1.165) is 5.69 Å². The maximum absolute atomic E-state index is 11.2. The monoisotopic (exact) mass is 195 g/mol. The van der Waals surface area contributed by atoms with Gasteiger partial charge in [-0.1, -0.05) is 6.08 Å². The molecule has 0 fully saturated rings. The van der Waals surface area contributed by atoms with Crippen molar-refractivity contribution in [1.29, 1.82) is 0 Å². The first-order valence-corrected chi connectivity index (χ1v) is 4.26. The molecule has 1 heterocycles. The van der Waals surface area contributed by atoms with Crippen LogP contribution in [0.15, 0.2) is 23.3 Å². The standard InChI is InChI=1S/C9H13N3O2/c1-3-4-10-5-8(13)12-9-11-7(2)6-14-9/h3,6,10H,1,4-5H2,2H3,(H,11,12,13). The minimum atomic E-state index is -0.186. The normalized spacial score (nSPS) is 9.79. The Morgan fingerprint density at radius 3 is 3.14 bits per heavy atom. The van der Waals surface area contributed by atoms with E-state index in [9.17, 15) is 4.79 Å². The highest BCUT2D eigenvalue weighted by Crippen LogP contribution is 2.04. The summed E-state index contributed by atoms with van der Waals surface area (Å²) in [5.41, 5.74) is 0.736. The minimum absolute atomic E-state index is 0.186. The van der Waals surface area contributed by atoms with Crippen LogP contribution < -0.4 is 10.6 Å². The third kappa shape index (κ3) is 3.40. The first-order valence-electron chi connectivity index (χ1n) is 4.26. The molecule has 1 amide bonds. The van der Waals surface area contributed by atoms with E-state index in [2.05, 4.69) is 22.2 Å². The van der Waals surface area contributed by atoms with Crippen LogP contribution in [0, 0.1) is 6.92 Å². The SMILES string of the molecule is C=CCNCC(=O)Nc1nc(C)co1. The van der Waals surface area contributed by atoms with E-state index in [4.69, 9.17) is 4.42 Å². The number of carbonyl (C=O) groups excluding carboxylic acids is 1. The topological polar surface area (TPSA) is 67.2 Å². The molecule has 14 heavy (non-hydrogen) atoms. The molecule has 0 aliphatic rings. The first-order chi connectivity index (χ1) is 6.72. The zero-order valence-electron chi connectivity index (χ0n) is 8.04. The van der Waals surface area contributed by atoms with Crippen molar-refractivity contribution >= 4 is 11.9 Å². The van der Waals surface area contributed by atoms with Crippen molar-refractivity contribution in [2.24, 2.45) is 0 Å². The summed E-state index contributed by atoms with van der Waals surface area (Å²) in [6.07, 6.45) is 3.16. The molecule has 0 aromatic carbocycles. The van der Waals surface area contributed by atoms with E-state index in [1.54, 1.807) is 13.0 Å². The van der Waals surface area contributed by atoms with Gasteiger partial charge in [-0.25, -0.2) is 0 Å². The number of rotatable bonds is 5. The molecule has 0 saturated heterocycles. The Morgan fingerprint density at radius 1 is 1.79 bits per heavy atom. The predicted molar refractivity (Wildman–Crippen MR) is 52.9 cm³/mol. The van der Waals surface area contributed by atoms with Gasteiger partial charge in [-0.05, 0) is 6.92 Å². The van der Waals surface area contributed by atoms with Gasteiger partial charge in [0.25, 0.3) is 0 Å². The van der Waals surface area contributed by atoms with Crippen molar-refractivity contribution in [2.45, 2.75) is 6.92 Å². The number of hydrogen-bond donors (Lipinski definition) is 2. The number of anilines is 1. The summed E-state index contributed by atoms with van der Waals surface area (Å²) in [5.74, 6) is -0.186. The van der Waals surface area contributed by atoms with Gasteiger partial charge >= 0.3 is 6.01 Å². The van der Waals surface area contributed by atoms with Gasteiger partial charge in [0.1, 0.15) is 6.26 Å². The van der Waals surface area contributed by atoms with Gasteiger partial charge in [-0.2, -0.15) is 4.98 Å². The van der Waals surface area contributed by atoms with Crippen LogP contribution in [0.25, 0.3) is 0 Å². The summed E-state index contributed by atoms with van der Waals surface area (Å²) >= 11 is 0. The molecule has 0 aliphatic carbocycles. The number of nitrogens with one attached hydrogen (secondary N) is 2. The third-order valence-corrected chi connectivity index (χ3v) is 1.44. The van der Waals surface area contributed by atoms with E-state index in [1.807, 2.05) is 0 Å². The molecule has 0 spiro atoms. The van der Waals surface area contributed by atoms with Crippen LogP contribution >= 0.6 is 0 Å². The second-order valence-electron chi connectivity index (χ2n) is 2.76. The molecular weight excluding hydrogens is 182 g/mol. The van der Waals surface area contributed by atoms with Gasteiger partial charge in [0.05, 0.1) is 12.2 Å². The van der Waals surface area contributed by atoms with E-state index >= 15 is 0 Å². The number of nitrogens with zero attached hydrogens (tertiary/aromatic N) is 1. The van der Waals surface area contributed by atoms with E-state index in [0.29, 0.717) is 6.54 Å². The second kappa shape index (κ2) is 5.18. The molecule has 2 N–H and O–H groups in total. The molecular formula is C9H13N3O2. The second-order valence-corrected chi connectivity index (χ2v) is 2.76. The van der Waals surface area contributed by atoms with Gasteiger partial charge < -0.3 is 9.73 Å². The van der Waals surface area contributed by atoms with E-state index in [1.165, 1.54) is 6.26 Å². The quantitative estimate of drug-likeness (QED) is 0.536. The highest BCUT2D eigenvalue weighted by atomic mass is 16.4. The summed E-state index contributed by atoms with van der Waals surface area (Å²) < 4.78 is 4.95. The molecule has 5 heteroatoms. The average Bonchev–Trinajstić information content (AvgIpc) is 2.52. The van der Waals surface area contributed by atoms with Crippen LogP contribution in [0.1, 0.15) is 5.69 Å². The molecule has 0 unspecified atom stereocenters. The lowest BCUT2D eigenvalue weighted by molar-refractivity contribution is -0.115. The number of hydrogen-bond acceptors (Lipinski definition) is 4. The van der Waals surface area contributed by atoms with E-state index < -0.39 is 0 Å². The number of amides is 1. The lowest BCUT2D eigenvalue weighted by Crippen LogP contribution is -2.28.